The van der Waals surface area contributed by atoms with E-state index >= 15 is 0 Å². The van der Waals surface area contributed by atoms with Crippen LogP contribution in [0.5, 0.6) is 0 Å². The molecule has 5 heteroatoms. The van der Waals surface area contributed by atoms with Crippen molar-refractivity contribution in [2.75, 3.05) is 44.2 Å². The fourth-order valence-corrected chi connectivity index (χ4v) is 2.43. The van der Waals surface area contributed by atoms with E-state index in [4.69, 9.17) is 5.11 Å². The first-order valence-corrected chi connectivity index (χ1v) is 6.57. The number of hydrogen-bond acceptors (Lipinski definition) is 4. The number of carbonyl (C=O) groups excluding carboxylic acids is 1. The predicted octanol–water partition coefficient (Wildman–Crippen LogP) is 1.14. The Kier molecular flexibility index (Phi) is 4.87. The van der Waals surface area contributed by atoms with Crippen LogP contribution in [0.1, 0.15) is 16.8 Å². The number of rotatable bonds is 4. The zero-order valence-corrected chi connectivity index (χ0v) is 10.9. The number of nitrogens with zero attached hydrogens (tertiary/aromatic N) is 2. The van der Waals surface area contributed by atoms with Crippen molar-refractivity contribution < 1.29 is 14.3 Å². The minimum absolute atomic E-state index is 0.155. The van der Waals surface area contributed by atoms with Crippen LogP contribution in [-0.2, 0) is 0 Å². The van der Waals surface area contributed by atoms with Gasteiger partial charge in [0.2, 0.25) is 0 Å². The number of aliphatic hydroxyl groups is 1. The molecule has 19 heavy (non-hydrogen) atoms. The average Bonchev–Trinajstić information content (AvgIpc) is 2.65. The van der Waals surface area contributed by atoms with Crippen molar-refractivity contribution in [1.82, 2.24) is 4.90 Å². The summed E-state index contributed by atoms with van der Waals surface area (Å²) in [5.41, 5.74) is 0.912. The SMILES string of the molecule is O=Cc1ccc(N2CCCN(CCO)CC2)c(F)c1. The molecule has 1 N–H and O–H groups in total. The molecule has 0 spiro atoms. The molecule has 2 rings (SSSR count). The number of anilines is 1. The van der Waals surface area contributed by atoms with Gasteiger partial charge in [0.05, 0.1) is 12.3 Å². The maximum Gasteiger partial charge on any atom is 0.150 e. The van der Waals surface area contributed by atoms with Crippen molar-refractivity contribution in [3.05, 3.63) is 29.6 Å². The Morgan fingerprint density at radius 2 is 2.11 bits per heavy atom. The molecule has 1 aliphatic rings. The molecule has 0 atom stereocenters. The Morgan fingerprint density at radius 3 is 2.79 bits per heavy atom. The second-order valence-corrected chi connectivity index (χ2v) is 4.73. The van der Waals surface area contributed by atoms with E-state index in [1.807, 2.05) is 4.90 Å². The molecule has 4 nitrogen and oxygen atoms in total. The second kappa shape index (κ2) is 6.63. The van der Waals surface area contributed by atoms with Gasteiger partial charge in [-0.2, -0.15) is 0 Å². The molecule has 1 saturated heterocycles. The van der Waals surface area contributed by atoms with Gasteiger partial charge < -0.3 is 10.0 Å². The van der Waals surface area contributed by atoms with Gasteiger partial charge in [0, 0.05) is 31.7 Å². The predicted molar refractivity (Wildman–Crippen MR) is 72.1 cm³/mol. The standard InChI is InChI=1S/C14H19FN2O2/c15-13-10-12(11-19)2-3-14(13)17-5-1-4-16(6-7-17)8-9-18/h2-3,10-11,18H,1,4-9H2. The van der Waals surface area contributed by atoms with Crippen LogP contribution in [0.3, 0.4) is 0 Å². The quantitative estimate of drug-likeness (QED) is 0.830. The van der Waals surface area contributed by atoms with Gasteiger partial charge in [0.15, 0.2) is 0 Å². The molecule has 0 aliphatic carbocycles. The minimum Gasteiger partial charge on any atom is -0.395 e. The van der Waals surface area contributed by atoms with E-state index in [0.29, 0.717) is 24.1 Å². The van der Waals surface area contributed by atoms with E-state index < -0.39 is 0 Å². The summed E-state index contributed by atoms with van der Waals surface area (Å²) in [6.45, 7) is 4.08. The van der Waals surface area contributed by atoms with Gasteiger partial charge in [-0.1, -0.05) is 0 Å². The first-order valence-electron chi connectivity index (χ1n) is 6.57. The van der Waals surface area contributed by atoms with E-state index in [9.17, 15) is 9.18 Å². The third-order valence-corrected chi connectivity index (χ3v) is 3.45. The van der Waals surface area contributed by atoms with Crippen LogP contribution in [0.15, 0.2) is 18.2 Å². The number of aldehydes is 1. The molecule has 1 fully saturated rings. The van der Waals surface area contributed by atoms with E-state index in [2.05, 4.69) is 4.90 Å². The van der Waals surface area contributed by atoms with E-state index in [-0.39, 0.29) is 12.4 Å². The zero-order valence-electron chi connectivity index (χ0n) is 10.9. The number of hydrogen-bond donors (Lipinski definition) is 1. The first kappa shape index (κ1) is 14.0. The van der Waals surface area contributed by atoms with Crippen LogP contribution in [0.4, 0.5) is 10.1 Å². The lowest BCUT2D eigenvalue weighted by Gasteiger charge is -2.24. The van der Waals surface area contributed by atoms with Gasteiger partial charge in [-0.05, 0) is 31.2 Å². The Morgan fingerprint density at radius 1 is 1.26 bits per heavy atom. The number of aliphatic hydroxyl groups excluding tert-OH is 1. The van der Waals surface area contributed by atoms with Gasteiger partial charge in [-0.3, -0.25) is 9.69 Å². The van der Waals surface area contributed by atoms with Crippen LogP contribution in [0.2, 0.25) is 0 Å². The number of halogens is 1. The minimum atomic E-state index is -0.347. The highest BCUT2D eigenvalue weighted by Crippen LogP contribution is 2.21. The van der Waals surface area contributed by atoms with E-state index in [1.165, 1.54) is 6.07 Å². The molecule has 0 amide bonds. The van der Waals surface area contributed by atoms with E-state index in [1.54, 1.807) is 12.1 Å². The van der Waals surface area contributed by atoms with E-state index in [0.717, 1.165) is 32.6 Å². The third-order valence-electron chi connectivity index (χ3n) is 3.45. The molecule has 104 valence electrons. The number of benzene rings is 1. The Labute approximate surface area is 112 Å². The van der Waals surface area contributed by atoms with Crippen LogP contribution < -0.4 is 4.90 Å². The molecular weight excluding hydrogens is 247 g/mol. The Bertz CT molecular complexity index is 439. The summed E-state index contributed by atoms with van der Waals surface area (Å²) in [7, 11) is 0. The monoisotopic (exact) mass is 266 g/mol. The van der Waals surface area contributed by atoms with Gasteiger partial charge in [0.25, 0.3) is 0 Å². The molecule has 1 aromatic carbocycles. The largest absolute Gasteiger partial charge is 0.395 e. The summed E-state index contributed by atoms with van der Waals surface area (Å²) in [4.78, 5) is 14.8. The summed E-state index contributed by atoms with van der Waals surface area (Å²) in [5.74, 6) is -0.347. The maximum atomic E-state index is 13.9. The van der Waals surface area contributed by atoms with Crippen LogP contribution >= 0.6 is 0 Å². The lowest BCUT2D eigenvalue weighted by molar-refractivity contribution is 0.112. The molecular formula is C14H19FN2O2. The average molecular weight is 266 g/mol. The molecule has 1 heterocycles. The van der Waals surface area contributed by atoms with Gasteiger partial charge in [0.1, 0.15) is 12.1 Å². The topological polar surface area (TPSA) is 43.8 Å². The van der Waals surface area contributed by atoms with Crippen LogP contribution in [0.25, 0.3) is 0 Å². The summed E-state index contributed by atoms with van der Waals surface area (Å²) >= 11 is 0. The van der Waals surface area contributed by atoms with Gasteiger partial charge >= 0.3 is 0 Å². The fraction of sp³-hybridized carbons (Fsp3) is 0.500. The van der Waals surface area contributed by atoms with Crippen molar-refractivity contribution in [3.8, 4) is 0 Å². The highest BCUT2D eigenvalue weighted by molar-refractivity contribution is 5.76. The van der Waals surface area contributed by atoms with Crippen molar-refractivity contribution in [2.24, 2.45) is 0 Å². The summed E-state index contributed by atoms with van der Waals surface area (Å²) in [5, 5.41) is 8.95. The van der Waals surface area contributed by atoms with Crippen molar-refractivity contribution in [1.29, 1.82) is 0 Å². The van der Waals surface area contributed by atoms with Crippen molar-refractivity contribution in [2.45, 2.75) is 6.42 Å². The normalized spacial score (nSPS) is 17.3. The summed E-state index contributed by atoms with van der Waals surface area (Å²) in [6, 6.07) is 4.58. The molecule has 0 saturated carbocycles. The molecule has 0 bridgehead atoms. The first-order chi connectivity index (χ1) is 9.24. The maximum absolute atomic E-state index is 13.9. The highest BCUT2D eigenvalue weighted by atomic mass is 19.1. The second-order valence-electron chi connectivity index (χ2n) is 4.73. The number of β-amino-alcohol motifs (C(OH)–C–C–N with tert-alkyl or cyclic N) is 1. The smallest absolute Gasteiger partial charge is 0.150 e. The molecule has 1 aliphatic heterocycles. The van der Waals surface area contributed by atoms with Crippen molar-refractivity contribution >= 4 is 12.0 Å². The number of carbonyl (C=O) groups is 1. The molecule has 1 aromatic rings. The van der Waals surface area contributed by atoms with Gasteiger partial charge in [-0.25, -0.2) is 4.39 Å². The van der Waals surface area contributed by atoms with Crippen molar-refractivity contribution in [3.63, 3.8) is 0 Å². The molecule has 0 unspecified atom stereocenters. The summed E-state index contributed by atoms with van der Waals surface area (Å²) in [6.07, 6.45) is 1.59. The molecule has 0 radical (unpaired) electrons. The zero-order chi connectivity index (χ0) is 13.7. The molecule has 0 aromatic heterocycles. The van der Waals surface area contributed by atoms with Crippen LogP contribution in [0, 0.1) is 5.82 Å². The third kappa shape index (κ3) is 3.52. The van der Waals surface area contributed by atoms with Gasteiger partial charge in [-0.15, -0.1) is 0 Å². The Balaban J connectivity index is 2.07. The lowest BCUT2D eigenvalue weighted by Crippen LogP contribution is -2.32. The fourth-order valence-electron chi connectivity index (χ4n) is 2.43. The lowest BCUT2D eigenvalue weighted by atomic mass is 10.2. The summed E-state index contributed by atoms with van der Waals surface area (Å²) < 4.78 is 13.9. The van der Waals surface area contributed by atoms with Crippen LogP contribution in [-0.4, -0.2) is 55.6 Å². The Hall–Kier alpha value is -1.46. The highest BCUT2D eigenvalue weighted by Gasteiger charge is 2.17.